The van der Waals surface area contributed by atoms with Crippen LogP contribution in [0.3, 0.4) is 0 Å². The molecule has 2 aromatic carbocycles. The Morgan fingerprint density at radius 2 is 1.69 bits per heavy atom. The molecule has 1 N–H and O–H groups in total. The summed E-state index contributed by atoms with van der Waals surface area (Å²) in [6.07, 6.45) is 1.19. The lowest BCUT2D eigenvalue weighted by atomic mass is 9.73. The van der Waals surface area contributed by atoms with Gasteiger partial charge in [-0.25, -0.2) is 0 Å². The zero-order valence-corrected chi connectivity index (χ0v) is 16.3. The van der Waals surface area contributed by atoms with E-state index >= 15 is 0 Å². The molecular formula is C19H18BrF2NO2S. The molecule has 1 amide bonds. The van der Waals surface area contributed by atoms with Crippen LogP contribution in [0.25, 0.3) is 0 Å². The number of carbonyl (C=O) groups excluding carboxylic acids is 1. The Kier molecular flexibility index (Phi) is 6.32. The van der Waals surface area contributed by atoms with Crippen LogP contribution in [0.5, 0.6) is 0 Å². The lowest BCUT2D eigenvalue weighted by molar-refractivity contribution is -0.125. The Balaban J connectivity index is 1.81. The number of carbonyl (C=O) groups is 1. The fraction of sp³-hybridized carbons (Fsp3) is 0.316. The second-order valence-electron chi connectivity index (χ2n) is 6.06. The van der Waals surface area contributed by atoms with E-state index in [-0.39, 0.29) is 5.91 Å². The van der Waals surface area contributed by atoms with E-state index in [1.807, 2.05) is 24.3 Å². The second-order valence-corrected chi connectivity index (χ2v) is 8.04. The minimum absolute atomic E-state index is 0.0996. The van der Waals surface area contributed by atoms with Crippen LogP contribution in [0.4, 0.5) is 14.5 Å². The minimum Gasteiger partial charge on any atom is -0.381 e. The molecule has 1 aliphatic rings. The van der Waals surface area contributed by atoms with Crippen LogP contribution >= 0.6 is 27.7 Å². The third-order valence-electron chi connectivity index (χ3n) is 4.52. The number of amides is 1. The fourth-order valence-corrected chi connectivity index (χ4v) is 3.87. The van der Waals surface area contributed by atoms with E-state index in [1.165, 1.54) is 0 Å². The normalized spacial score (nSPS) is 16.5. The molecular weight excluding hydrogens is 424 g/mol. The molecule has 0 bridgehead atoms. The zero-order chi connectivity index (χ0) is 18.6. The third-order valence-corrected chi connectivity index (χ3v) is 5.77. The average molecular weight is 442 g/mol. The molecule has 3 nitrogen and oxygen atoms in total. The standard InChI is InChI=1S/C19H18BrF2NO2S/c20-14-3-1-13(2-4-14)19(9-11-25-12-10-19)17(24)23-15-5-7-16(8-6-15)26-18(21)22/h1-8,18H,9-12H2,(H,23,24). The molecule has 0 atom stereocenters. The van der Waals surface area contributed by atoms with Crippen molar-refractivity contribution in [3.05, 3.63) is 58.6 Å². The number of anilines is 1. The number of thioether (sulfide) groups is 1. The number of alkyl halides is 2. The number of rotatable bonds is 5. The van der Waals surface area contributed by atoms with Crippen molar-refractivity contribution in [1.82, 2.24) is 0 Å². The summed E-state index contributed by atoms with van der Waals surface area (Å²) in [7, 11) is 0. The molecule has 1 fully saturated rings. The largest absolute Gasteiger partial charge is 0.381 e. The van der Waals surface area contributed by atoms with E-state index in [2.05, 4.69) is 21.2 Å². The number of hydrogen-bond acceptors (Lipinski definition) is 3. The second kappa shape index (κ2) is 8.50. The molecule has 0 spiro atoms. The van der Waals surface area contributed by atoms with Gasteiger partial charge in [-0.05, 0) is 54.8 Å². The van der Waals surface area contributed by atoms with Gasteiger partial charge in [0.2, 0.25) is 5.91 Å². The number of hydrogen-bond donors (Lipinski definition) is 1. The molecule has 138 valence electrons. The summed E-state index contributed by atoms with van der Waals surface area (Å²) in [6, 6.07) is 14.2. The first-order valence-corrected chi connectivity index (χ1v) is 9.87. The maximum Gasteiger partial charge on any atom is 0.288 e. The SMILES string of the molecule is O=C(Nc1ccc(SC(F)F)cc1)C1(c2ccc(Br)cc2)CCOCC1. The van der Waals surface area contributed by atoms with E-state index in [9.17, 15) is 13.6 Å². The molecule has 26 heavy (non-hydrogen) atoms. The smallest absolute Gasteiger partial charge is 0.288 e. The number of halogens is 3. The Morgan fingerprint density at radius 3 is 2.27 bits per heavy atom. The van der Waals surface area contributed by atoms with Crippen molar-refractivity contribution in [1.29, 1.82) is 0 Å². The van der Waals surface area contributed by atoms with Crippen molar-refractivity contribution in [3.63, 3.8) is 0 Å². The molecule has 2 aromatic rings. The number of benzene rings is 2. The first-order chi connectivity index (χ1) is 12.5. The summed E-state index contributed by atoms with van der Waals surface area (Å²) in [5, 5.41) is 2.94. The van der Waals surface area contributed by atoms with Gasteiger partial charge < -0.3 is 10.1 Å². The van der Waals surface area contributed by atoms with Crippen molar-refractivity contribution in [3.8, 4) is 0 Å². The van der Waals surface area contributed by atoms with Gasteiger partial charge in [-0.3, -0.25) is 4.79 Å². The lowest BCUT2D eigenvalue weighted by Crippen LogP contribution is -2.44. The van der Waals surface area contributed by atoms with Crippen molar-refractivity contribution >= 4 is 39.3 Å². The molecule has 0 unspecified atom stereocenters. The van der Waals surface area contributed by atoms with E-state index in [0.29, 0.717) is 48.4 Å². The Hall–Kier alpha value is -1.44. The summed E-state index contributed by atoms with van der Waals surface area (Å²) in [5.74, 6) is -2.56. The van der Waals surface area contributed by atoms with Crippen LogP contribution in [0.2, 0.25) is 0 Å². The first-order valence-electron chi connectivity index (χ1n) is 8.20. The average Bonchev–Trinajstić information content (AvgIpc) is 2.64. The van der Waals surface area contributed by atoms with E-state index in [4.69, 9.17) is 4.74 Å². The van der Waals surface area contributed by atoms with Crippen LogP contribution in [0.1, 0.15) is 18.4 Å². The monoisotopic (exact) mass is 441 g/mol. The minimum atomic E-state index is -2.46. The van der Waals surface area contributed by atoms with Crippen LogP contribution in [0, 0.1) is 0 Å². The highest BCUT2D eigenvalue weighted by Gasteiger charge is 2.41. The highest BCUT2D eigenvalue weighted by atomic mass is 79.9. The maximum absolute atomic E-state index is 13.1. The molecule has 1 heterocycles. The van der Waals surface area contributed by atoms with Gasteiger partial charge >= 0.3 is 0 Å². The quantitative estimate of drug-likeness (QED) is 0.626. The first kappa shape index (κ1) is 19.3. The molecule has 0 radical (unpaired) electrons. The van der Waals surface area contributed by atoms with Crippen LogP contribution in [-0.4, -0.2) is 24.9 Å². The van der Waals surface area contributed by atoms with Gasteiger partial charge in [-0.1, -0.05) is 39.8 Å². The van der Waals surface area contributed by atoms with E-state index in [1.54, 1.807) is 24.3 Å². The predicted octanol–water partition coefficient (Wildman–Crippen LogP) is 5.45. The van der Waals surface area contributed by atoms with Crippen molar-refractivity contribution in [2.45, 2.75) is 28.9 Å². The van der Waals surface area contributed by atoms with Gasteiger partial charge in [-0.2, -0.15) is 8.78 Å². The maximum atomic E-state index is 13.1. The summed E-state index contributed by atoms with van der Waals surface area (Å²) in [6.45, 7) is 1.04. The molecule has 0 saturated carbocycles. The highest BCUT2D eigenvalue weighted by molar-refractivity contribution is 9.10. The molecule has 3 rings (SSSR count). The van der Waals surface area contributed by atoms with Gasteiger partial charge in [0.05, 0.1) is 5.41 Å². The predicted molar refractivity (Wildman–Crippen MR) is 103 cm³/mol. The zero-order valence-electron chi connectivity index (χ0n) is 13.9. The lowest BCUT2D eigenvalue weighted by Gasteiger charge is -2.36. The Bertz CT molecular complexity index is 747. The Labute approximate surface area is 163 Å². The Morgan fingerprint density at radius 1 is 1.08 bits per heavy atom. The van der Waals surface area contributed by atoms with Crippen molar-refractivity contribution in [2.75, 3.05) is 18.5 Å². The van der Waals surface area contributed by atoms with Crippen molar-refractivity contribution in [2.24, 2.45) is 0 Å². The third kappa shape index (κ3) is 4.45. The summed E-state index contributed by atoms with van der Waals surface area (Å²) >= 11 is 3.91. The topological polar surface area (TPSA) is 38.3 Å². The van der Waals surface area contributed by atoms with E-state index < -0.39 is 11.2 Å². The summed E-state index contributed by atoms with van der Waals surface area (Å²) in [4.78, 5) is 13.6. The number of nitrogens with one attached hydrogen (secondary N) is 1. The van der Waals surface area contributed by atoms with Gasteiger partial charge in [-0.15, -0.1) is 0 Å². The van der Waals surface area contributed by atoms with Crippen LogP contribution < -0.4 is 5.32 Å². The highest BCUT2D eigenvalue weighted by Crippen LogP contribution is 2.37. The van der Waals surface area contributed by atoms with Gasteiger partial charge in [0, 0.05) is 28.3 Å². The van der Waals surface area contributed by atoms with Gasteiger partial charge in [0.1, 0.15) is 0 Å². The van der Waals surface area contributed by atoms with E-state index in [0.717, 1.165) is 10.0 Å². The molecule has 1 aliphatic heterocycles. The van der Waals surface area contributed by atoms with Gasteiger partial charge in [0.15, 0.2) is 0 Å². The van der Waals surface area contributed by atoms with Crippen LogP contribution in [-0.2, 0) is 14.9 Å². The fourth-order valence-electron chi connectivity index (χ4n) is 3.11. The summed E-state index contributed by atoms with van der Waals surface area (Å²) < 4.78 is 31.3. The molecule has 1 saturated heterocycles. The molecule has 7 heteroatoms. The van der Waals surface area contributed by atoms with Gasteiger partial charge in [0.25, 0.3) is 5.76 Å². The number of ether oxygens (including phenoxy) is 1. The van der Waals surface area contributed by atoms with Crippen LogP contribution in [0.15, 0.2) is 57.9 Å². The molecule has 0 aromatic heterocycles. The van der Waals surface area contributed by atoms with Crippen molar-refractivity contribution < 1.29 is 18.3 Å². The summed E-state index contributed by atoms with van der Waals surface area (Å²) in [5.41, 5.74) is 0.887. The molecule has 0 aliphatic carbocycles.